The van der Waals surface area contributed by atoms with Gasteiger partial charge in [0.25, 0.3) is 5.91 Å². The van der Waals surface area contributed by atoms with Crippen molar-refractivity contribution in [1.29, 1.82) is 0 Å². The van der Waals surface area contributed by atoms with Gasteiger partial charge in [0.1, 0.15) is 10.6 Å². The quantitative estimate of drug-likeness (QED) is 0.772. The summed E-state index contributed by atoms with van der Waals surface area (Å²) in [6.45, 7) is 3.76. The second-order valence-electron chi connectivity index (χ2n) is 6.55. The number of carbonyl (C=O) groups is 2. The summed E-state index contributed by atoms with van der Waals surface area (Å²) in [5.74, 6) is -1.88. The van der Waals surface area contributed by atoms with Gasteiger partial charge in [-0.3, -0.25) is 4.79 Å². The van der Waals surface area contributed by atoms with Crippen LogP contribution in [0.5, 0.6) is 0 Å². The highest BCUT2D eigenvalue weighted by molar-refractivity contribution is 7.89. The number of nitrogens with one attached hydrogen (secondary N) is 1. The molecule has 0 aliphatic rings. The van der Waals surface area contributed by atoms with E-state index in [2.05, 4.69) is 5.32 Å². The highest BCUT2D eigenvalue weighted by Gasteiger charge is 2.27. The smallest absolute Gasteiger partial charge is 0.330 e. The Hall–Kier alpha value is -2.65. The molecule has 1 aromatic carbocycles. The zero-order valence-electron chi connectivity index (χ0n) is 15.8. The van der Waals surface area contributed by atoms with Gasteiger partial charge in [-0.1, -0.05) is 18.2 Å². The second kappa shape index (κ2) is 7.53. The van der Waals surface area contributed by atoms with Gasteiger partial charge in [-0.2, -0.15) is 0 Å². The molecular weight excluding hydrogens is 370 g/mol. The molecule has 0 saturated heterocycles. The standard InChI is InChI=1S/C18H23N3O5S/c1-11-6-7-13(8-12(11)2)16(18(23)24)19-17(22)15-9-14(10-21(15)5)27(25,26)20(3)4/h6-10,16H,1-5H3,(H,19,22)(H,23,24). The molecule has 2 aromatic rings. The van der Waals surface area contributed by atoms with Gasteiger partial charge in [-0.15, -0.1) is 0 Å². The Bertz CT molecular complexity index is 992. The summed E-state index contributed by atoms with van der Waals surface area (Å²) in [5, 5.41) is 12.0. The third-order valence-electron chi connectivity index (χ3n) is 4.38. The molecule has 0 spiro atoms. The summed E-state index contributed by atoms with van der Waals surface area (Å²) in [6, 6.07) is 5.12. The monoisotopic (exact) mass is 393 g/mol. The van der Waals surface area contributed by atoms with Crippen LogP contribution in [-0.4, -0.2) is 48.4 Å². The van der Waals surface area contributed by atoms with Crippen LogP contribution in [0.25, 0.3) is 0 Å². The summed E-state index contributed by atoms with van der Waals surface area (Å²) >= 11 is 0. The van der Waals surface area contributed by atoms with Crippen LogP contribution in [0.4, 0.5) is 0 Å². The van der Waals surface area contributed by atoms with Crippen LogP contribution in [0, 0.1) is 13.8 Å². The second-order valence-corrected chi connectivity index (χ2v) is 8.70. The number of hydrogen-bond donors (Lipinski definition) is 2. The van der Waals surface area contributed by atoms with Crippen LogP contribution in [0.15, 0.2) is 35.4 Å². The summed E-state index contributed by atoms with van der Waals surface area (Å²) in [7, 11) is 0.602. The highest BCUT2D eigenvalue weighted by Crippen LogP contribution is 2.20. The predicted molar refractivity (Wildman–Crippen MR) is 100 cm³/mol. The van der Waals surface area contributed by atoms with Crippen molar-refractivity contribution in [2.45, 2.75) is 24.8 Å². The van der Waals surface area contributed by atoms with Gasteiger partial charge in [0.2, 0.25) is 10.0 Å². The van der Waals surface area contributed by atoms with Crippen molar-refractivity contribution >= 4 is 21.9 Å². The van der Waals surface area contributed by atoms with E-state index in [0.29, 0.717) is 5.56 Å². The maximum atomic E-state index is 12.6. The molecule has 0 bridgehead atoms. The SMILES string of the molecule is Cc1ccc(C(NC(=O)c2cc(S(=O)(=O)N(C)C)cn2C)C(=O)O)cc1C. The first-order chi connectivity index (χ1) is 12.4. The van der Waals surface area contributed by atoms with Gasteiger partial charge >= 0.3 is 5.97 Å². The normalized spacial score (nSPS) is 12.8. The van der Waals surface area contributed by atoms with Crippen LogP contribution in [0.1, 0.15) is 33.2 Å². The highest BCUT2D eigenvalue weighted by atomic mass is 32.2. The summed E-state index contributed by atoms with van der Waals surface area (Å²) in [4.78, 5) is 24.2. The van der Waals surface area contributed by atoms with Crippen LogP contribution in [0.2, 0.25) is 0 Å². The molecule has 1 aromatic heterocycles. The first-order valence-corrected chi connectivity index (χ1v) is 9.59. The summed E-state index contributed by atoms with van der Waals surface area (Å²) < 4.78 is 26.8. The molecule has 1 atom stereocenters. The van der Waals surface area contributed by atoms with Crippen molar-refractivity contribution in [3.63, 3.8) is 0 Å². The zero-order chi connectivity index (χ0) is 20.5. The van der Waals surface area contributed by atoms with E-state index in [4.69, 9.17) is 0 Å². The molecular formula is C18H23N3O5S. The first kappa shape index (κ1) is 20.7. The van der Waals surface area contributed by atoms with Crippen LogP contribution >= 0.6 is 0 Å². The number of aromatic nitrogens is 1. The van der Waals surface area contributed by atoms with Gasteiger partial charge in [-0.25, -0.2) is 17.5 Å². The van der Waals surface area contributed by atoms with Crippen molar-refractivity contribution in [1.82, 2.24) is 14.2 Å². The molecule has 146 valence electrons. The van der Waals surface area contributed by atoms with E-state index in [0.717, 1.165) is 15.4 Å². The number of rotatable bonds is 6. The zero-order valence-corrected chi connectivity index (χ0v) is 16.7. The third-order valence-corrected chi connectivity index (χ3v) is 6.16. The lowest BCUT2D eigenvalue weighted by molar-refractivity contribution is -0.139. The molecule has 1 heterocycles. The van der Waals surface area contributed by atoms with Crippen molar-refractivity contribution in [3.05, 3.63) is 52.8 Å². The van der Waals surface area contributed by atoms with Crippen LogP contribution in [0.3, 0.4) is 0 Å². The number of aliphatic carboxylic acids is 1. The number of carboxylic acid groups (broad SMARTS) is 1. The largest absolute Gasteiger partial charge is 0.479 e. The van der Waals surface area contributed by atoms with Crippen molar-refractivity contribution in [2.75, 3.05) is 14.1 Å². The molecule has 2 rings (SSSR count). The number of sulfonamides is 1. The number of benzene rings is 1. The van der Waals surface area contributed by atoms with Gasteiger partial charge in [0.15, 0.2) is 6.04 Å². The lowest BCUT2D eigenvalue weighted by Crippen LogP contribution is -2.34. The Morgan fingerprint density at radius 2 is 1.78 bits per heavy atom. The van der Waals surface area contributed by atoms with Crippen molar-refractivity contribution in [3.8, 4) is 0 Å². The maximum absolute atomic E-state index is 12.6. The number of nitrogens with zero attached hydrogens (tertiary/aromatic N) is 2. The number of amides is 1. The molecule has 0 aliphatic carbocycles. The van der Waals surface area contributed by atoms with Crippen molar-refractivity contribution < 1.29 is 23.1 Å². The molecule has 9 heteroatoms. The lowest BCUT2D eigenvalue weighted by atomic mass is 10.0. The van der Waals surface area contributed by atoms with Gasteiger partial charge < -0.3 is 15.0 Å². The minimum Gasteiger partial charge on any atom is -0.479 e. The Labute approximate surface area is 158 Å². The minimum atomic E-state index is -3.70. The van der Waals surface area contributed by atoms with Gasteiger partial charge in [-0.05, 0) is 36.6 Å². The predicted octanol–water partition coefficient (Wildman–Crippen LogP) is 1.45. The number of carbonyl (C=O) groups excluding carboxylic acids is 1. The van der Waals surface area contributed by atoms with E-state index in [1.54, 1.807) is 18.2 Å². The lowest BCUT2D eigenvalue weighted by Gasteiger charge is -2.16. The molecule has 0 aliphatic heterocycles. The Balaban J connectivity index is 2.35. The molecule has 8 nitrogen and oxygen atoms in total. The third kappa shape index (κ3) is 4.20. The van der Waals surface area contributed by atoms with E-state index in [1.807, 2.05) is 13.8 Å². The van der Waals surface area contributed by atoms with Crippen molar-refractivity contribution in [2.24, 2.45) is 7.05 Å². The molecule has 0 saturated carbocycles. The van der Waals surface area contributed by atoms with E-state index in [9.17, 15) is 23.1 Å². The molecule has 2 N–H and O–H groups in total. The summed E-state index contributed by atoms with van der Waals surface area (Å²) in [5.41, 5.74) is 2.40. The molecule has 0 radical (unpaired) electrons. The summed E-state index contributed by atoms with van der Waals surface area (Å²) in [6.07, 6.45) is 1.32. The number of carboxylic acids is 1. The molecule has 1 amide bonds. The minimum absolute atomic E-state index is 0.0433. The number of aryl methyl sites for hydroxylation is 3. The Kier molecular flexibility index (Phi) is 5.76. The average molecular weight is 393 g/mol. The van der Waals surface area contributed by atoms with Crippen LogP contribution in [-0.2, 0) is 21.9 Å². The maximum Gasteiger partial charge on any atom is 0.330 e. The average Bonchev–Trinajstić information content (AvgIpc) is 2.97. The Morgan fingerprint density at radius 1 is 1.15 bits per heavy atom. The number of hydrogen-bond acceptors (Lipinski definition) is 4. The molecule has 0 fully saturated rings. The fraction of sp³-hybridized carbons (Fsp3) is 0.333. The first-order valence-electron chi connectivity index (χ1n) is 8.15. The molecule has 27 heavy (non-hydrogen) atoms. The topological polar surface area (TPSA) is 109 Å². The van der Waals surface area contributed by atoms with E-state index < -0.39 is 27.9 Å². The van der Waals surface area contributed by atoms with Gasteiger partial charge in [0.05, 0.1) is 0 Å². The Morgan fingerprint density at radius 3 is 2.30 bits per heavy atom. The fourth-order valence-electron chi connectivity index (χ4n) is 2.55. The van der Waals surface area contributed by atoms with E-state index in [-0.39, 0.29) is 10.6 Å². The molecule has 1 unspecified atom stereocenters. The van der Waals surface area contributed by atoms with E-state index in [1.165, 1.54) is 38.0 Å². The van der Waals surface area contributed by atoms with Crippen LogP contribution < -0.4 is 5.32 Å². The van der Waals surface area contributed by atoms with E-state index >= 15 is 0 Å². The van der Waals surface area contributed by atoms with Gasteiger partial charge in [0, 0.05) is 27.3 Å². The fourth-order valence-corrected chi connectivity index (χ4v) is 3.52.